The van der Waals surface area contributed by atoms with Gasteiger partial charge >= 0.3 is 6.09 Å². The van der Waals surface area contributed by atoms with Crippen LogP contribution in [-0.4, -0.2) is 29.7 Å². The van der Waals surface area contributed by atoms with Gasteiger partial charge in [0, 0.05) is 29.6 Å². The fourth-order valence-electron chi connectivity index (χ4n) is 2.80. The molecule has 0 N–H and O–H groups in total. The van der Waals surface area contributed by atoms with E-state index in [0.29, 0.717) is 19.0 Å². The summed E-state index contributed by atoms with van der Waals surface area (Å²) in [4.78, 5) is 13.7. The molecule has 0 spiro atoms. The van der Waals surface area contributed by atoms with E-state index < -0.39 is 5.60 Å². The summed E-state index contributed by atoms with van der Waals surface area (Å²) in [5.74, 6) is 0.319. The minimum atomic E-state index is -0.456. The fraction of sp³-hybridized carbons (Fsp3) is 0.350. The maximum absolute atomic E-state index is 12.0. The fourth-order valence-corrected chi connectivity index (χ4v) is 3.10. The molecule has 24 heavy (non-hydrogen) atoms. The van der Waals surface area contributed by atoms with Crippen LogP contribution in [0, 0.1) is 0 Å². The first-order valence-corrected chi connectivity index (χ1v) is 8.54. The predicted molar refractivity (Wildman–Crippen MR) is 97.4 cm³/mol. The van der Waals surface area contributed by atoms with Crippen LogP contribution >= 0.6 is 11.6 Å². The predicted octanol–water partition coefficient (Wildman–Crippen LogP) is 5.34. The number of hydrogen-bond donors (Lipinski definition) is 0. The number of nitrogens with zero attached hydrogens (tertiary/aromatic N) is 1. The highest BCUT2D eigenvalue weighted by atomic mass is 35.5. The monoisotopic (exact) mass is 343 g/mol. The first kappa shape index (κ1) is 16.8. The van der Waals surface area contributed by atoms with Crippen LogP contribution < -0.4 is 0 Å². The first-order chi connectivity index (χ1) is 11.3. The standard InChI is InChI=1S/C20H22ClNO2/c1-20(2,3)24-19(23)22-12-16(13-22)15-9-10-17(18(21)11-15)14-7-5-4-6-8-14/h4-11,16H,12-13H2,1-3H3. The van der Waals surface area contributed by atoms with Gasteiger partial charge in [0.15, 0.2) is 0 Å². The molecule has 1 aliphatic rings. The van der Waals surface area contributed by atoms with Crippen molar-refractivity contribution in [1.82, 2.24) is 4.90 Å². The average molecular weight is 344 g/mol. The van der Waals surface area contributed by atoms with Crippen molar-refractivity contribution in [2.75, 3.05) is 13.1 Å². The second kappa shape index (κ2) is 6.48. The minimum absolute atomic E-state index is 0.245. The number of likely N-dealkylation sites (tertiary alicyclic amines) is 1. The van der Waals surface area contributed by atoms with E-state index in [-0.39, 0.29) is 6.09 Å². The van der Waals surface area contributed by atoms with Gasteiger partial charge in [-0.1, -0.05) is 54.1 Å². The van der Waals surface area contributed by atoms with Crippen molar-refractivity contribution in [3.05, 3.63) is 59.1 Å². The van der Waals surface area contributed by atoms with Gasteiger partial charge in [0.25, 0.3) is 0 Å². The zero-order valence-electron chi connectivity index (χ0n) is 14.3. The summed E-state index contributed by atoms with van der Waals surface area (Å²) < 4.78 is 5.39. The molecule has 0 aliphatic carbocycles. The van der Waals surface area contributed by atoms with Crippen molar-refractivity contribution in [2.45, 2.75) is 32.3 Å². The molecule has 0 saturated carbocycles. The van der Waals surface area contributed by atoms with Crippen molar-refractivity contribution < 1.29 is 9.53 Å². The van der Waals surface area contributed by atoms with Crippen molar-refractivity contribution in [2.24, 2.45) is 0 Å². The van der Waals surface area contributed by atoms with Gasteiger partial charge in [0.05, 0.1) is 0 Å². The molecule has 1 heterocycles. The molecule has 1 aliphatic heterocycles. The topological polar surface area (TPSA) is 29.5 Å². The van der Waals surface area contributed by atoms with E-state index in [1.54, 1.807) is 4.90 Å². The van der Waals surface area contributed by atoms with Crippen LogP contribution in [-0.2, 0) is 4.74 Å². The average Bonchev–Trinajstić information content (AvgIpc) is 2.45. The van der Waals surface area contributed by atoms with Gasteiger partial charge < -0.3 is 9.64 Å². The van der Waals surface area contributed by atoms with Crippen molar-refractivity contribution in [3.8, 4) is 11.1 Å². The smallest absolute Gasteiger partial charge is 0.410 e. The number of rotatable bonds is 2. The van der Waals surface area contributed by atoms with Crippen LogP contribution in [0.1, 0.15) is 32.3 Å². The Kier molecular flexibility index (Phi) is 4.55. The van der Waals surface area contributed by atoms with E-state index in [9.17, 15) is 4.79 Å². The first-order valence-electron chi connectivity index (χ1n) is 8.16. The Labute approximate surface area is 148 Å². The summed E-state index contributed by atoms with van der Waals surface area (Å²) >= 11 is 6.47. The lowest BCUT2D eigenvalue weighted by atomic mass is 9.90. The Morgan fingerprint density at radius 3 is 2.38 bits per heavy atom. The van der Waals surface area contributed by atoms with Crippen LogP contribution in [0.25, 0.3) is 11.1 Å². The maximum atomic E-state index is 12.0. The summed E-state index contributed by atoms with van der Waals surface area (Å²) in [5.41, 5.74) is 2.85. The second-order valence-electron chi connectivity index (χ2n) is 7.19. The Hall–Kier alpha value is -2.00. The van der Waals surface area contributed by atoms with Crippen LogP contribution in [0.5, 0.6) is 0 Å². The third-order valence-electron chi connectivity index (χ3n) is 4.08. The van der Waals surface area contributed by atoms with E-state index in [1.807, 2.05) is 45.0 Å². The zero-order chi connectivity index (χ0) is 17.3. The summed E-state index contributed by atoms with van der Waals surface area (Å²) in [6, 6.07) is 16.3. The van der Waals surface area contributed by atoms with Gasteiger partial charge in [-0.05, 0) is 38.0 Å². The minimum Gasteiger partial charge on any atom is -0.444 e. The molecule has 1 fully saturated rings. The summed E-state index contributed by atoms with van der Waals surface area (Å²) in [6.45, 7) is 6.99. The molecule has 1 amide bonds. The number of amides is 1. The van der Waals surface area contributed by atoms with Crippen molar-refractivity contribution in [1.29, 1.82) is 0 Å². The highest BCUT2D eigenvalue weighted by Gasteiger charge is 2.34. The molecule has 2 aromatic rings. The van der Waals surface area contributed by atoms with Crippen LogP contribution in [0.2, 0.25) is 5.02 Å². The number of halogens is 1. The van der Waals surface area contributed by atoms with Gasteiger partial charge in [0.2, 0.25) is 0 Å². The highest BCUT2D eigenvalue weighted by molar-refractivity contribution is 6.33. The van der Waals surface area contributed by atoms with Crippen molar-refractivity contribution in [3.63, 3.8) is 0 Å². The van der Waals surface area contributed by atoms with Gasteiger partial charge in [-0.25, -0.2) is 4.79 Å². The third-order valence-corrected chi connectivity index (χ3v) is 4.40. The highest BCUT2D eigenvalue weighted by Crippen LogP contribution is 2.34. The Morgan fingerprint density at radius 2 is 1.79 bits per heavy atom. The molecule has 0 bridgehead atoms. The van der Waals surface area contributed by atoms with Crippen LogP contribution in [0.15, 0.2) is 48.5 Å². The van der Waals surface area contributed by atoms with E-state index in [1.165, 1.54) is 5.56 Å². The number of hydrogen-bond acceptors (Lipinski definition) is 2. The lowest BCUT2D eigenvalue weighted by Gasteiger charge is -2.40. The molecule has 0 aromatic heterocycles. The van der Waals surface area contributed by atoms with E-state index in [2.05, 4.69) is 24.3 Å². The molecule has 2 aromatic carbocycles. The molecule has 0 unspecified atom stereocenters. The molecule has 3 rings (SSSR count). The van der Waals surface area contributed by atoms with E-state index >= 15 is 0 Å². The van der Waals surface area contributed by atoms with Gasteiger partial charge in [0.1, 0.15) is 5.60 Å². The van der Waals surface area contributed by atoms with Gasteiger partial charge in [-0.3, -0.25) is 0 Å². The molecule has 0 atom stereocenters. The molecular formula is C20H22ClNO2. The van der Waals surface area contributed by atoms with Crippen molar-refractivity contribution >= 4 is 17.7 Å². The zero-order valence-corrected chi connectivity index (χ0v) is 15.0. The maximum Gasteiger partial charge on any atom is 0.410 e. The quantitative estimate of drug-likeness (QED) is 0.736. The number of benzene rings is 2. The van der Waals surface area contributed by atoms with Gasteiger partial charge in [-0.15, -0.1) is 0 Å². The summed E-state index contributed by atoms with van der Waals surface area (Å²) in [7, 11) is 0. The van der Waals surface area contributed by atoms with Crippen LogP contribution in [0.3, 0.4) is 0 Å². The molecule has 126 valence electrons. The third kappa shape index (κ3) is 3.73. The second-order valence-corrected chi connectivity index (χ2v) is 7.59. The molecule has 3 nitrogen and oxygen atoms in total. The molecule has 1 saturated heterocycles. The lowest BCUT2D eigenvalue weighted by molar-refractivity contribution is 0.00820. The molecule has 0 radical (unpaired) electrons. The molecule has 4 heteroatoms. The largest absolute Gasteiger partial charge is 0.444 e. The van der Waals surface area contributed by atoms with E-state index in [4.69, 9.17) is 16.3 Å². The Morgan fingerprint density at radius 1 is 1.12 bits per heavy atom. The number of carbonyl (C=O) groups is 1. The summed E-state index contributed by atoms with van der Waals surface area (Å²) in [5, 5.41) is 0.745. The Balaban J connectivity index is 1.66. The van der Waals surface area contributed by atoms with Crippen LogP contribution in [0.4, 0.5) is 4.79 Å². The van der Waals surface area contributed by atoms with Gasteiger partial charge in [-0.2, -0.15) is 0 Å². The normalized spacial score (nSPS) is 15.1. The Bertz CT molecular complexity index is 731. The van der Waals surface area contributed by atoms with E-state index in [0.717, 1.165) is 16.1 Å². The lowest BCUT2D eigenvalue weighted by Crippen LogP contribution is -2.50. The number of ether oxygens (including phenoxy) is 1. The summed E-state index contributed by atoms with van der Waals surface area (Å²) in [6.07, 6.45) is -0.245. The number of carbonyl (C=O) groups excluding carboxylic acids is 1. The molecular weight excluding hydrogens is 322 g/mol. The SMILES string of the molecule is CC(C)(C)OC(=O)N1CC(c2ccc(-c3ccccc3)c(Cl)c2)C1.